The lowest BCUT2D eigenvalue weighted by molar-refractivity contribution is 0.625. The van der Waals surface area contributed by atoms with Crippen LogP contribution >= 0.6 is 0 Å². The van der Waals surface area contributed by atoms with Crippen molar-refractivity contribution in [3.05, 3.63) is 118 Å². The maximum Gasteiger partial charge on any atom is 0.266 e. The molecule has 1 heterocycles. The van der Waals surface area contributed by atoms with Crippen LogP contribution in [0.15, 0.2) is 89.7 Å². The van der Waals surface area contributed by atoms with Crippen molar-refractivity contribution in [2.24, 2.45) is 0 Å². The van der Waals surface area contributed by atoms with Crippen molar-refractivity contribution in [2.75, 3.05) is 0 Å². The molecule has 5 aromatic rings. The molecule has 0 bridgehead atoms. The van der Waals surface area contributed by atoms with Crippen LogP contribution in [0.25, 0.3) is 39.5 Å². The van der Waals surface area contributed by atoms with Crippen LogP contribution in [0.2, 0.25) is 0 Å². The first-order valence-corrected chi connectivity index (χ1v) is 10.1. The Kier molecular flexibility index (Phi) is 4.68. The number of benzene rings is 4. The number of hydrogen-bond acceptors (Lipinski definition) is 2. The fourth-order valence-corrected chi connectivity index (χ4v) is 3.88. The van der Waals surface area contributed by atoms with Gasteiger partial charge in [-0.2, -0.15) is 0 Å². The first-order chi connectivity index (χ1) is 15.1. The Hall–Kier alpha value is -4.05. The summed E-state index contributed by atoms with van der Waals surface area (Å²) in [4.78, 5) is 18.1. The Morgan fingerprint density at radius 1 is 0.839 bits per heavy atom. The third-order valence-electron chi connectivity index (χ3n) is 5.45. The predicted molar refractivity (Wildman–Crippen MR) is 125 cm³/mol. The van der Waals surface area contributed by atoms with E-state index in [1.165, 1.54) is 16.7 Å². The number of nitrogens with zero attached hydrogens (tertiary/aromatic N) is 2. The molecule has 150 valence electrons. The molecule has 0 aliphatic heterocycles. The van der Waals surface area contributed by atoms with Crippen LogP contribution in [-0.2, 0) is 0 Å². The minimum atomic E-state index is -0.398. The van der Waals surface area contributed by atoms with Gasteiger partial charge in [0.15, 0.2) is 0 Å². The van der Waals surface area contributed by atoms with Crippen molar-refractivity contribution >= 4 is 33.8 Å². The third kappa shape index (κ3) is 3.42. The smallest absolute Gasteiger partial charge is 0.266 e. The van der Waals surface area contributed by atoms with Gasteiger partial charge in [-0.25, -0.2) is 9.37 Å². The molecule has 0 unspecified atom stereocenters. The van der Waals surface area contributed by atoms with E-state index in [2.05, 4.69) is 18.2 Å². The molecule has 5 rings (SSSR count). The van der Waals surface area contributed by atoms with Crippen molar-refractivity contribution in [1.29, 1.82) is 0 Å². The van der Waals surface area contributed by atoms with Crippen LogP contribution in [0.5, 0.6) is 0 Å². The average Bonchev–Trinajstić information content (AvgIpc) is 2.79. The Labute approximate surface area is 178 Å². The highest BCUT2D eigenvalue weighted by atomic mass is 19.1. The number of fused-ring (bicyclic) bond motifs is 2. The second-order valence-electron chi connectivity index (χ2n) is 7.46. The predicted octanol–water partition coefficient (Wildman–Crippen LogP) is 6.16. The molecule has 0 atom stereocenters. The van der Waals surface area contributed by atoms with E-state index in [1.54, 1.807) is 18.2 Å². The largest absolute Gasteiger partial charge is 0.268 e. The lowest BCUT2D eigenvalue weighted by Gasteiger charge is -2.14. The second kappa shape index (κ2) is 7.65. The van der Waals surface area contributed by atoms with Gasteiger partial charge in [0.25, 0.3) is 5.56 Å². The molecule has 4 aromatic carbocycles. The molecule has 3 nitrogen and oxygen atoms in total. The van der Waals surface area contributed by atoms with E-state index in [9.17, 15) is 9.18 Å². The van der Waals surface area contributed by atoms with Crippen molar-refractivity contribution in [3.63, 3.8) is 0 Å². The lowest BCUT2D eigenvalue weighted by Crippen LogP contribution is -2.23. The van der Waals surface area contributed by atoms with Gasteiger partial charge < -0.3 is 0 Å². The molecule has 0 radical (unpaired) electrons. The average molecular weight is 406 g/mol. The molecule has 4 heteroatoms. The summed E-state index contributed by atoms with van der Waals surface area (Å²) in [5.41, 5.74) is 2.68. The van der Waals surface area contributed by atoms with Crippen LogP contribution in [0.3, 0.4) is 0 Å². The van der Waals surface area contributed by atoms with E-state index in [4.69, 9.17) is 4.98 Å². The Morgan fingerprint density at radius 2 is 1.58 bits per heavy atom. The topological polar surface area (TPSA) is 34.9 Å². The van der Waals surface area contributed by atoms with Crippen LogP contribution in [0, 0.1) is 12.7 Å². The monoisotopic (exact) mass is 406 g/mol. The summed E-state index contributed by atoms with van der Waals surface area (Å²) in [6, 6.07) is 25.9. The van der Waals surface area contributed by atoms with Crippen molar-refractivity contribution in [3.8, 4) is 5.69 Å². The van der Waals surface area contributed by atoms with Gasteiger partial charge in [-0.3, -0.25) is 9.36 Å². The van der Waals surface area contributed by atoms with Crippen LogP contribution in [-0.4, -0.2) is 9.55 Å². The van der Waals surface area contributed by atoms with E-state index in [0.29, 0.717) is 22.4 Å². The molecular weight excluding hydrogens is 387 g/mol. The van der Waals surface area contributed by atoms with Gasteiger partial charge in [0.1, 0.15) is 11.6 Å². The van der Waals surface area contributed by atoms with Crippen LogP contribution < -0.4 is 5.56 Å². The molecule has 0 saturated carbocycles. The molecule has 0 saturated heterocycles. The molecule has 0 N–H and O–H groups in total. The van der Waals surface area contributed by atoms with Crippen molar-refractivity contribution in [1.82, 2.24) is 9.55 Å². The maximum absolute atomic E-state index is 14.1. The number of rotatable bonds is 3. The molecule has 31 heavy (non-hydrogen) atoms. The molecule has 0 aliphatic rings. The van der Waals surface area contributed by atoms with E-state index in [1.807, 2.05) is 55.5 Å². The molecule has 0 amide bonds. The van der Waals surface area contributed by atoms with Gasteiger partial charge in [-0.05, 0) is 59.2 Å². The summed E-state index contributed by atoms with van der Waals surface area (Å²) in [6.45, 7) is 1.86. The Morgan fingerprint density at radius 3 is 2.45 bits per heavy atom. The normalized spacial score (nSPS) is 11.5. The summed E-state index contributed by atoms with van der Waals surface area (Å²) in [5.74, 6) is 0.0509. The highest BCUT2D eigenvalue weighted by Gasteiger charge is 2.13. The minimum Gasteiger partial charge on any atom is -0.268 e. The van der Waals surface area contributed by atoms with Gasteiger partial charge in [0.05, 0.1) is 16.6 Å². The molecule has 0 spiro atoms. The fraction of sp³-hybridized carbons (Fsp3) is 0.0370. The zero-order chi connectivity index (χ0) is 21.4. The Bertz CT molecular complexity index is 1530. The number of para-hydroxylation sites is 1. The fourth-order valence-electron chi connectivity index (χ4n) is 3.88. The highest BCUT2D eigenvalue weighted by molar-refractivity contribution is 5.92. The first kappa shape index (κ1) is 18.9. The van der Waals surface area contributed by atoms with E-state index in [-0.39, 0.29) is 5.56 Å². The third-order valence-corrected chi connectivity index (χ3v) is 5.45. The summed E-state index contributed by atoms with van der Waals surface area (Å²) >= 11 is 0. The lowest BCUT2D eigenvalue weighted by atomic mass is 10.0. The quantitative estimate of drug-likeness (QED) is 0.360. The van der Waals surface area contributed by atoms with Gasteiger partial charge in [-0.15, -0.1) is 0 Å². The zero-order valence-electron chi connectivity index (χ0n) is 16.9. The SMILES string of the molecule is Cc1ccc(F)cc1-n1c(C=Cc2cccc3ccccc23)nc2ccccc2c1=O. The zero-order valence-corrected chi connectivity index (χ0v) is 16.9. The summed E-state index contributed by atoms with van der Waals surface area (Å²) in [7, 11) is 0. The number of hydrogen-bond donors (Lipinski definition) is 0. The summed E-state index contributed by atoms with van der Waals surface area (Å²) in [6.07, 6.45) is 3.77. The van der Waals surface area contributed by atoms with E-state index >= 15 is 0 Å². The summed E-state index contributed by atoms with van der Waals surface area (Å²) in [5, 5.41) is 2.74. The number of aryl methyl sites for hydroxylation is 1. The van der Waals surface area contributed by atoms with Crippen LogP contribution in [0.1, 0.15) is 17.0 Å². The minimum absolute atomic E-state index is 0.225. The van der Waals surface area contributed by atoms with E-state index < -0.39 is 5.82 Å². The van der Waals surface area contributed by atoms with Gasteiger partial charge in [0.2, 0.25) is 0 Å². The van der Waals surface area contributed by atoms with Gasteiger partial charge in [0, 0.05) is 0 Å². The number of halogens is 1. The first-order valence-electron chi connectivity index (χ1n) is 10.1. The maximum atomic E-state index is 14.1. The standard InChI is InChI=1S/C27H19FN2O/c1-18-13-15-21(28)17-25(18)30-26(29-24-12-5-4-11-23(24)27(30)31)16-14-20-9-6-8-19-7-2-3-10-22(19)20/h2-17H,1H3. The molecule has 0 fully saturated rings. The molecule has 0 aliphatic carbocycles. The van der Waals surface area contributed by atoms with Crippen molar-refractivity contribution in [2.45, 2.75) is 6.92 Å². The second-order valence-corrected chi connectivity index (χ2v) is 7.46. The van der Waals surface area contributed by atoms with Gasteiger partial charge in [-0.1, -0.05) is 66.7 Å². The Balaban J connectivity index is 1.77. The number of aromatic nitrogens is 2. The molecule has 1 aromatic heterocycles. The highest BCUT2D eigenvalue weighted by Crippen LogP contribution is 2.22. The van der Waals surface area contributed by atoms with Crippen LogP contribution in [0.4, 0.5) is 4.39 Å². The molecular formula is C27H19FN2O. The summed E-state index contributed by atoms with van der Waals surface area (Å²) < 4.78 is 15.6. The van der Waals surface area contributed by atoms with E-state index in [0.717, 1.165) is 21.9 Å². The van der Waals surface area contributed by atoms with Crippen molar-refractivity contribution < 1.29 is 4.39 Å². The van der Waals surface area contributed by atoms with Gasteiger partial charge >= 0.3 is 0 Å².